The Morgan fingerprint density at radius 1 is 1.62 bits per heavy atom. The minimum atomic E-state index is -3.18. The zero-order valence-electron chi connectivity index (χ0n) is 4.16. The van der Waals surface area contributed by atoms with E-state index in [-0.39, 0.29) is 12.3 Å². The minimum absolute atomic E-state index is 0.0729. The molecule has 3 N–H and O–H groups in total. The summed E-state index contributed by atoms with van der Waals surface area (Å²) in [6.07, 6.45) is 0. The van der Waals surface area contributed by atoms with Gasteiger partial charge in [0, 0.05) is 6.54 Å². The third-order valence-corrected chi connectivity index (χ3v) is 2.41. The van der Waals surface area contributed by atoms with Gasteiger partial charge in [0.2, 0.25) is 10.0 Å². The summed E-state index contributed by atoms with van der Waals surface area (Å²) in [6, 6.07) is 0. The minimum Gasteiger partial charge on any atom is -0.329 e. The fourth-order valence-electron chi connectivity index (χ4n) is 0.201. The predicted octanol–water partition coefficient (Wildman–Crippen LogP) is -1.29. The van der Waals surface area contributed by atoms with Crippen molar-refractivity contribution in [1.29, 1.82) is 0 Å². The van der Waals surface area contributed by atoms with E-state index in [2.05, 4.69) is 12.8 Å². The number of nitrogens with two attached hydrogens (primary N) is 1. The molecule has 0 aliphatic carbocycles. The summed E-state index contributed by atoms with van der Waals surface area (Å²) in [6.45, 7) is 0.121. The Bertz CT molecular complexity index is 140. The molecule has 0 spiro atoms. The molecule has 4 nitrogen and oxygen atoms in total. The average molecular weight is 156 g/mol. The van der Waals surface area contributed by atoms with E-state index >= 15 is 0 Å². The molecule has 0 aromatic carbocycles. The maximum absolute atomic E-state index is 10.3. The molecule has 0 saturated heterocycles. The number of hydrogen-bond acceptors (Lipinski definition) is 4. The SMILES string of the molecule is NCCS(=O)(=O)NS. The molecule has 0 aliphatic rings. The van der Waals surface area contributed by atoms with E-state index in [1.54, 1.807) is 0 Å². The van der Waals surface area contributed by atoms with Gasteiger partial charge in [-0.2, -0.15) is 4.13 Å². The van der Waals surface area contributed by atoms with Crippen molar-refractivity contribution in [1.82, 2.24) is 4.13 Å². The summed E-state index contributed by atoms with van der Waals surface area (Å²) in [5.74, 6) is -0.0729. The lowest BCUT2D eigenvalue weighted by Gasteiger charge is -1.94. The predicted molar refractivity (Wildman–Crippen MR) is 35.0 cm³/mol. The Labute approximate surface area is 54.0 Å². The number of nitrogens with one attached hydrogen (secondary N) is 1. The maximum Gasteiger partial charge on any atom is 0.221 e. The zero-order valence-corrected chi connectivity index (χ0v) is 5.87. The van der Waals surface area contributed by atoms with Gasteiger partial charge < -0.3 is 5.73 Å². The van der Waals surface area contributed by atoms with Crippen LogP contribution in [0.25, 0.3) is 0 Å². The fourth-order valence-corrected chi connectivity index (χ4v) is 0.876. The number of rotatable bonds is 3. The Morgan fingerprint density at radius 2 is 2.12 bits per heavy atom. The molecule has 0 fully saturated rings. The highest BCUT2D eigenvalue weighted by molar-refractivity contribution is 8.00. The van der Waals surface area contributed by atoms with Crippen molar-refractivity contribution in [2.45, 2.75) is 0 Å². The van der Waals surface area contributed by atoms with Crippen LogP contribution in [0.3, 0.4) is 0 Å². The third-order valence-electron chi connectivity index (χ3n) is 0.526. The molecule has 0 atom stereocenters. The third kappa shape index (κ3) is 3.25. The second-order valence-electron chi connectivity index (χ2n) is 1.20. The van der Waals surface area contributed by atoms with Crippen LogP contribution in [-0.4, -0.2) is 20.7 Å². The van der Waals surface area contributed by atoms with Gasteiger partial charge in [-0.1, -0.05) is 12.8 Å². The van der Waals surface area contributed by atoms with Gasteiger partial charge in [0.15, 0.2) is 0 Å². The van der Waals surface area contributed by atoms with Gasteiger partial charge in [-0.25, -0.2) is 8.42 Å². The van der Waals surface area contributed by atoms with Crippen LogP contribution in [0, 0.1) is 0 Å². The van der Waals surface area contributed by atoms with E-state index in [1.165, 1.54) is 0 Å². The van der Waals surface area contributed by atoms with Crippen molar-refractivity contribution < 1.29 is 8.42 Å². The highest BCUT2D eigenvalue weighted by atomic mass is 32.3. The first kappa shape index (κ1) is 8.22. The first-order valence-corrected chi connectivity index (χ1v) is 4.06. The number of sulfonamides is 1. The standard InChI is InChI=1S/C2H8N2O2S2/c3-1-2-8(5,6)4-7/h4,7H,1-3H2. The number of hydrogen-bond donors (Lipinski definition) is 3. The van der Waals surface area contributed by atoms with Crippen LogP contribution in [0.2, 0.25) is 0 Å². The van der Waals surface area contributed by atoms with E-state index in [4.69, 9.17) is 5.73 Å². The molecule has 0 radical (unpaired) electrons. The van der Waals surface area contributed by atoms with Crippen LogP contribution < -0.4 is 9.86 Å². The van der Waals surface area contributed by atoms with Crippen molar-refractivity contribution in [3.8, 4) is 0 Å². The molecule has 0 saturated carbocycles. The van der Waals surface area contributed by atoms with Gasteiger partial charge in [0.25, 0.3) is 0 Å². The largest absolute Gasteiger partial charge is 0.329 e. The molecule has 0 unspecified atom stereocenters. The summed E-state index contributed by atoms with van der Waals surface area (Å²) in [7, 11) is -3.18. The first-order chi connectivity index (χ1) is 3.62. The highest BCUT2D eigenvalue weighted by Gasteiger charge is 2.02. The lowest BCUT2D eigenvalue weighted by atomic mass is 10.8. The van der Waals surface area contributed by atoms with Crippen molar-refractivity contribution >= 4 is 22.8 Å². The fraction of sp³-hybridized carbons (Fsp3) is 1.00. The number of thiol groups is 1. The molecular weight excluding hydrogens is 148 g/mol. The second kappa shape index (κ2) is 3.29. The van der Waals surface area contributed by atoms with Crippen LogP contribution in [0.15, 0.2) is 0 Å². The van der Waals surface area contributed by atoms with Crippen LogP contribution in [0.5, 0.6) is 0 Å². The lowest BCUT2D eigenvalue weighted by molar-refractivity contribution is 0.594. The Balaban J connectivity index is 3.76. The van der Waals surface area contributed by atoms with Gasteiger partial charge in [-0.15, -0.1) is 0 Å². The highest BCUT2D eigenvalue weighted by Crippen LogP contribution is 1.80. The topological polar surface area (TPSA) is 72.2 Å². The van der Waals surface area contributed by atoms with E-state index in [1.807, 2.05) is 4.13 Å². The molecule has 0 rings (SSSR count). The Hall–Kier alpha value is 0.220. The zero-order chi connectivity index (χ0) is 6.62. The monoisotopic (exact) mass is 156 g/mol. The Morgan fingerprint density at radius 3 is 2.25 bits per heavy atom. The van der Waals surface area contributed by atoms with E-state index in [9.17, 15) is 8.42 Å². The molecule has 6 heteroatoms. The van der Waals surface area contributed by atoms with Gasteiger partial charge in [0.05, 0.1) is 5.75 Å². The van der Waals surface area contributed by atoms with Crippen LogP contribution in [0.4, 0.5) is 0 Å². The van der Waals surface area contributed by atoms with Gasteiger partial charge in [0.1, 0.15) is 0 Å². The van der Waals surface area contributed by atoms with Crippen molar-refractivity contribution in [3.05, 3.63) is 0 Å². The van der Waals surface area contributed by atoms with Crippen LogP contribution >= 0.6 is 12.8 Å². The Kier molecular flexibility index (Phi) is 3.38. The average Bonchev–Trinajstić information content (AvgIpc) is 1.67. The second-order valence-corrected chi connectivity index (χ2v) is 3.57. The molecular formula is C2H8N2O2S2. The maximum atomic E-state index is 10.3. The summed E-state index contributed by atoms with van der Waals surface area (Å²) in [5.41, 5.74) is 4.94. The summed E-state index contributed by atoms with van der Waals surface area (Å²) in [4.78, 5) is 0. The molecule has 0 amide bonds. The van der Waals surface area contributed by atoms with E-state index in [0.29, 0.717) is 0 Å². The van der Waals surface area contributed by atoms with Crippen LogP contribution in [0.1, 0.15) is 0 Å². The quantitative estimate of drug-likeness (QED) is 0.445. The smallest absolute Gasteiger partial charge is 0.221 e. The molecule has 0 aliphatic heterocycles. The van der Waals surface area contributed by atoms with Gasteiger partial charge in [-0.3, -0.25) is 0 Å². The van der Waals surface area contributed by atoms with Crippen molar-refractivity contribution in [2.24, 2.45) is 5.73 Å². The molecule has 0 aromatic heterocycles. The van der Waals surface area contributed by atoms with Crippen molar-refractivity contribution in [3.63, 3.8) is 0 Å². The molecule has 0 bridgehead atoms. The molecule has 8 heavy (non-hydrogen) atoms. The van der Waals surface area contributed by atoms with Crippen LogP contribution in [-0.2, 0) is 10.0 Å². The molecule has 0 heterocycles. The summed E-state index contributed by atoms with van der Waals surface area (Å²) in [5, 5.41) is 0. The molecule has 50 valence electrons. The molecule has 0 aromatic rings. The van der Waals surface area contributed by atoms with Gasteiger partial charge in [-0.05, 0) is 0 Å². The summed E-state index contributed by atoms with van der Waals surface area (Å²) >= 11 is 3.34. The normalized spacial score (nSPS) is 11.8. The van der Waals surface area contributed by atoms with Gasteiger partial charge >= 0.3 is 0 Å². The lowest BCUT2D eigenvalue weighted by Crippen LogP contribution is -2.23. The summed E-state index contributed by atoms with van der Waals surface area (Å²) < 4.78 is 22.5. The van der Waals surface area contributed by atoms with E-state index in [0.717, 1.165) is 0 Å². The first-order valence-electron chi connectivity index (χ1n) is 1.96. The van der Waals surface area contributed by atoms with Crippen molar-refractivity contribution in [2.75, 3.05) is 12.3 Å². The van der Waals surface area contributed by atoms with E-state index < -0.39 is 10.0 Å².